The second-order valence-electron chi connectivity index (χ2n) is 7.25. The van der Waals surface area contributed by atoms with Crippen molar-refractivity contribution in [3.05, 3.63) is 0 Å². The number of hydrogen-bond donors (Lipinski definition) is 1. The minimum Gasteiger partial charge on any atom is -0.313 e. The van der Waals surface area contributed by atoms with E-state index in [-0.39, 0.29) is 0 Å². The maximum absolute atomic E-state index is 3.90. The summed E-state index contributed by atoms with van der Waals surface area (Å²) in [4.78, 5) is 0. The van der Waals surface area contributed by atoms with Crippen molar-refractivity contribution in [2.45, 2.75) is 78.2 Å². The molecule has 0 aromatic heterocycles. The fourth-order valence-electron chi connectivity index (χ4n) is 3.93. The van der Waals surface area contributed by atoms with E-state index in [1.165, 1.54) is 57.9 Å². The van der Waals surface area contributed by atoms with E-state index in [1.807, 2.05) is 0 Å². The van der Waals surface area contributed by atoms with Crippen molar-refractivity contribution >= 4 is 0 Å². The van der Waals surface area contributed by atoms with Crippen LogP contribution in [0, 0.1) is 17.3 Å². The predicted octanol–water partition coefficient (Wildman–Crippen LogP) is 4.37. The third-order valence-electron chi connectivity index (χ3n) is 5.28. The summed E-state index contributed by atoms with van der Waals surface area (Å²) >= 11 is 0. The maximum Gasteiger partial charge on any atom is 0.00931 e. The summed E-state index contributed by atoms with van der Waals surface area (Å²) in [5, 5.41) is 3.90. The van der Waals surface area contributed by atoms with Crippen LogP contribution in [0.4, 0.5) is 0 Å². The lowest BCUT2D eigenvalue weighted by Crippen LogP contribution is -2.44. The quantitative estimate of drug-likeness (QED) is 0.768. The van der Waals surface area contributed by atoms with Crippen molar-refractivity contribution < 1.29 is 0 Å². The third-order valence-corrected chi connectivity index (χ3v) is 5.28. The summed E-state index contributed by atoms with van der Waals surface area (Å²) in [5.41, 5.74) is 0.598. The summed E-state index contributed by atoms with van der Waals surface area (Å²) < 4.78 is 0. The molecule has 0 spiro atoms. The minimum atomic E-state index is 0.598. The Balaban J connectivity index is 1.77. The average Bonchev–Trinajstić information content (AvgIpc) is 2.29. The molecule has 1 nitrogen and oxygen atoms in total. The Kier molecular flexibility index (Phi) is 4.52. The summed E-state index contributed by atoms with van der Waals surface area (Å²) in [5.74, 6) is 1.83. The van der Waals surface area contributed by atoms with Gasteiger partial charge in [0.05, 0.1) is 0 Å². The van der Waals surface area contributed by atoms with Crippen LogP contribution < -0.4 is 5.32 Å². The van der Waals surface area contributed by atoms with Crippen LogP contribution in [0.15, 0.2) is 0 Å². The van der Waals surface area contributed by atoms with Gasteiger partial charge in [0.25, 0.3) is 0 Å². The van der Waals surface area contributed by atoms with Crippen molar-refractivity contribution in [2.24, 2.45) is 17.3 Å². The first-order valence-electron chi connectivity index (χ1n) is 7.82. The van der Waals surface area contributed by atoms with Gasteiger partial charge in [0.2, 0.25) is 0 Å². The molecule has 3 unspecified atom stereocenters. The zero-order chi connectivity index (χ0) is 12.3. The molecule has 3 atom stereocenters. The second kappa shape index (κ2) is 5.73. The predicted molar refractivity (Wildman–Crippen MR) is 75.2 cm³/mol. The van der Waals surface area contributed by atoms with Crippen LogP contribution in [0.3, 0.4) is 0 Å². The van der Waals surface area contributed by atoms with E-state index < -0.39 is 0 Å². The Bertz CT molecular complexity index is 230. The van der Waals surface area contributed by atoms with Crippen LogP contribution in [0.5, 0.6) is 0 Å². The lowest BCUT2D eigenvalue weighted by atomic mass is 9.74. The van der Waals surface area contributed by atoms with Gasteiger partial charge >= 0.3 is 0 Å². The second-order valence-corrected chi connectivity index (χ2v) is 7.25. The monoisotopic (exact) mass is 237 g/mol. The van der Waals surface area contributed by atoms with E-state index in [0.717, 1.165) is 17.9 Å². The molecule has 0 amide bonds. The normalized spacial score (nSPS) is 37.9. The largest absolute Gasteiger partial charge is 0.313 e. The van der Waals surface area contributed by atoms with Gasteiger partial charge in [0, 0.05) is 12.6 Å². The average molecular weight is 237 g/mol. The van der Waals surface area contributed by atoms with E-state index in [2.05, 4.69) is 26.1 Å². The maximum atomic E-state index is 3.90. The fraction of sp³-hybridized carbons (Fsp3) is 1.00. The molecule has 0 aromatic rings. The van der Waals surface area contributed by atoms with Crippen LogP contribution in [-0.2, 0) is 0 Å². The number of hydrogen-bond acceptors (Lipinski definition) is 1. The molecule has 1 N–H and O–H groups in total. The zero-order valence-corrected chi connectivity index (χ0v) is 12.1. The van der Waals surface area contributed by atoms with Crippen molar-refractivity contribution in [2.75, 3.05) is 6.54 Å². The Morgan fingerprint density at radius 3 is 2.41 bits per heavy atom. The van der Waals surface area contributed by atoms with Crippen LogP contribution in [0.2, 0.25) is 0 Å². The molecule has 2 rings (SSSR count). The van der Waals surface area contributed by atoms with Gasteiger partial charge in [-0.3, -0.25) is 0 Å². The number of nitrogens with one attached hydrogen (secondary N) is 1. The molecule has 2 saturated carbocycles. The zero-order valence-electron chi connectivity index (χ0n) is 12.1. The minimum absolute atomic E-state index is 0.598. The molecule has 2 fully saturated rings. The highest BCUT2D eigenvalue weighted by atomic mass is 14.9. The molecule has 2 aliphatic rings. The molecule has 0 aromatic carbocycles. The highest BCUT2D eigenvalue weighted by molar-refractivity contribution is 4.86. The van der Waals surface area contributed by atoms with Gasteiger partial charge in [-0.2, -0.15) is 0 Å². The molecule has 0 aliphatic heterocycles. The third kappa shape index (κ3) is 3.71. The van der Waals surface area contributed by atoms with Gasteiger partial charge in [0.1, 0.15) is 0 Å². The van der Waals surface area contributed by atoms with Gasteiger partial charge in [0.15, 0.2) is 0 Å². The van der Waals surface area contributed by atoms with E-state index in [4.69, 9.17) is 0 Å². The van der Waals surface area contributed by atoms with Gasteiger partial charge in [-0.05, 0) is 49.4 Å². The van der Waals surface area contributed by atoms with Crippen molar-refractivity contribution in [1.29, 1.82) is 0 Å². The Hall–Kier alpha value is -0.0400. The summed E-state index contributed by atoms with van der Waals surface area (Å²) in [6.45, 7) is 8.61. The van der Waals surface area contributed by atoms with Crippen LogP contribution >= 0.6 is 0 Å². The standard InChI is InChI=1S/C16H31N/c1-13-7-8-15(14(2)11-13)17-12-16(3)9-5-4-6-10-16/h13-15,17H,4-12H2,1-3H3. The van der Waals surface area contributed by atoms with E-state index in [1.54, 1.807) is 0 Å². The Morgan fingerprint density at radius 2 is 1.76 bits per heavy atom. The molecule has 2 aliphatic carbocycles. The topological polar surface area (TPSA) is 12.0 Å². The fourth-order valence-corrected chi connectivity index (χ4v) is 3.93. The SMILES string of the molecule is CC1CCC(NCC2(C)CCCCC2)C(C)C1. The van der Waals surface area contributed by atoms with Gasteiger partial charge in [-0.25, -0.2) is 0 Å². The molecule has 0 bridgehead atoms. The molecule has 0 heterocycles. The molecular weight excluding hydrogens is 206 g/mol. The Labute approximate surface area is 108 Å². The van der Waals surface area contributed by atoms with Crippen molar-refractivity contribution in [3.63, 3.8) is 0 Å². The summed E-state index contributed by atoms with van der Waals surface area (Å²) in [6.07, 6.45) is 11.5. The summed E-state index contributed by atoms with van der Waals surface area (Å²) in [7, 11) is 0. The first kappa shape index (κ1) is 13.4. The summed E-state index contributed by atoms with van der Waals surface area (Å²) in [6, 6.07) is 0.796. The highest BCUT2D eigenvalue weighted by Crippen LogP contribution is 2.36. The van der Waals surface area contributed by atoms with Gasteiger partial charge in [-0.15, -0.1) is 0 Å². The van der Waals surface area contributed by atoms with E-state index in [0.29, 0.717) is 5.41 Å². The first-order valence-corrected chi connectivity index (χ1v) is 7.82. The van der Waals surface area contributed by atoms with Gasteiger partial charge < -0.3 is 5.32 Å². The Morgan fingerprint density at radius 1 is 1.06 bits per heavy atom. The highest BCUT2D eigenvalue weighted by Gasteiger charge is 2.30. The van der Waals surface area contributed by atoms with E-state index in [9.17, 15) is 0 Å². The van der Waals surface area contributed by atoms with Gasteiger partial charge in [-0.1, -0.05) is 40.0 Å². The molecule has 17 heavy (non-hydrogen) atoms. The van der Waals surface area contributed by atoms with Crippen molar-refractivity contribution in [1.82, 2.24) is 5.32 Å². The van der Waals surface area contributed by atoms with Crippen LogP contribution in [-0.4, -0.2) is 12.6 Å². The molecule has 0 radical (unpaired) electrons. The lowest BCUT2D eigenvalue weighted by Gasteiger charge is -2.39. The van der Waals surface area contributed by atoms with E-state index >= 15 is 0 Å². The molecular formula is C16H31N. The smallest absolute Gasteiger partial charge is 0.00931 e. The van der Waals surface area contributed by atoms with Crippen LogP contribution in [0.1, 0.15) is 72.1 Å². The lowest BCUT2D eigenvalue weighted by molar-refractivity contribution is 0.166. The molecule has 0 saturated heterocycles. The molecule has 1 heteroatoms. The van der Waals surface area contributed by atoms with Crippen molar-refractivity contribution in [3.8, 4) is 0 Å². The molecule has 100 valence electrons. The van der Waals surface area contributed by atoms with Crippen LogP contribution in [0.25, 0.3) is 0 Å². The first-order chi connectivity index (χ1) is 8.09. The number of rotatable bonds is 3.